The molecule has 1 aliphatic rings. The number of halogens is 1. The van der Waals surface area contributed by atoms with Crippen molar-refractivity contribution in [3.05, 3.63) is 63.8 Å². The third-order valence-electron chi connectivity index (χ3n) is 3.07. The number of rotatable bonds is 1. The zero-order valence-electron chi connectivity index (χ0n) is 11.1. The fourth-order valence-electron chi connectivity index (χ4n) is 2.24. The van der Waals surface area contributed by atoms with Gasteiger partial charge >= 0.3 is 0 Å². The van der Waals surface area contributed by atoms with Gasteiger partial charge in [-0.25, -0.2) is 0 Å². The number of pyridine rings is 2. The Bertz CT molecular complexity index is 762. The van der Waals surface area contributed by atoms with Gasteiger partial charge in [-0.05, 0) is 38.1 Å². The lowest BCUT2D eigenvalue weighted by Gasteiger charge is -2.31. The van der Waals surface area contributed by atoms with Crippen LogP contribution in [-0.4, -0.2) is 15.2 Å². The van der Waals surface area contributed by atoms with Crippen molar-refractivity contribution < 1.29 is 4.74 Å². The van der Waals surface area contributed by atoms with Crippen molar-refractivity contribution in [3.8, 4) is 5.75 Å². The Kier molecular flexibility index (Phi) is 2.91. The summed E-state index contributed by atoms with van der Waals surface area (Å²) in [4.78, 5) is 16.3. The summed E-state index contributed by atoms with van der Waals surface area (Å²) in [5.74, 6) is 0.703. The number of fused-ring (bicyclic) bond motifs is 1. The van der Waals surface area contributed by atoms with E-state index in [1.807, 2.05) is 19.9 Å². The summed E-state index contributed by atoms with van der Waals surface area (Å²) in [6.07, 6.45) is 6.94. The molecule has 0 aliphatic carbocycles. The minimum Gasteiger partial charge on any atom is -0.483 e. The largest absolute Gasteiger partial charge is 0.483 e. The molecular weight excluding hydrogens is 276 g/mol. The topological polar surface area (TPSA) is 44.1 Å². The van der Waals surface area contributed by atoms with Crippen LogP contribution in [-0.2, 0) is 0 Å². The fourth-order valence-corrected chi connectivity index (χ4v) is 2.40. The van der Waals surface area contributed by atoms with Crippen LogP contribution in [0.1, 0.15) is 19.4 Å². The van der Waals surface area contributed by atoms with Crippen molar-refractivity contribution in [1.82, 2.24) is 9.55 Å². The quantitative estimate of drug-likeness (QED) is 0.810. The Morgan fingerprint density at radius 1 is 1.35 bits per heavy atom. The van der Waals surface area contributed by atoms with Crippen LogP contribution in [0.15, 0.2) is 47.7 Å². The van der Waals surface area contributed by atoms with Crippen LogP contribution in [0.25, 0.3) is 5.70 Å². The molecule has 3 rings (SSSR count). The summed E-state index contributed by atoms with van der Waals surface area (Å²) < 4.78 is 7.40. The molecule has 2 aromatic heterocycles. The van der Waals surface area contributed by atoms with Gasteiger partial charge in [0.05, 0.1) is 11.3 Å². The average molecular weight is 289 g/mol. The van der Waals surface area contributed by atoms with Crippen LogP contribution in [0.4, 0.5) is 0 Å². The van der Waals surface area contributed by atoms with E-state index >= 15 is 0 Å². The van der Waals surface area contributed by atoms with E-state index in [4.69, 9.17) is 16.3 Å². The fraction of sp³-hybridized carbons (Fsp3) is 0.200. The normalized spacial score (nSPS) is 16.1. The molecule has 0 saturated carbocycles. The summed E-state index contributed by atoms with van der Waals surface area (Å²) in [6.45, 7) is 3.87. The average Bonchev–Trinajstić information content (AvgIpc) is 2.40. The van der Waals surface area contributed by atoms with Crippen molar-refractivity contribution >= 4 is 17.3 Å². The highest BCUT2D eigenvalue weighted by atomic mass is 35.5. The van der Waals surface area contributed by atoms with Gasteiger partial charge in [0.25, 0.3) is 5.56 Å². The zero-order valence-corrected chi connectivity index (χ0v) is 11.9. The van der Waals surface area contributed by atoms with E-state index in [0.717, 1.165) is 11.3 Å². The Morgan fingerprint density at radius 3 is 2.95 bits per heavy atom. The minimum absolute atomic E-state index is 0.183. The molecule has 20 heavy (non-hydrogen) atoms. The highest BCUT2D eigenvalue weighted by molar-refractivity contribution is 6.30. The van der Waals surface area contributed by atoms with Crippen molar-refractivity contribution in [1.29, 1.82) is 0 Å². The Morgan fingerprint density at radius 2 is 2.15 bits per heavy atom. The van der Waals surface area contributed by atoms with Gasteiger partial charge in [0.2, 0.25) is 0 Å². The van der Waals surface area contributed by atoms with Crippen molar-refractivity contribution in [2.75, 3.05) is 0 Å². The van der Waals surface area contributed by atoms with Crippen LogP contribution in [0.2, 0.25) is 5.02 Å². The molecule has 0 saturated heterocycles. The lowest BCUT2D eigenvalue weighted by molar-refractivity contribution is 0.157. The first-order valence-electron chi connectivity index (χ1n) is 6.22. The van der Waals surface area contributed by atoms with Gasteiger partial charge in [-0.2, -0.15) is 0 Å². The first-order chi connectivity index (χ1) is 9.48. The first kappa shape index (κ1) is 12.9. The molecule has 0 bridgehead atoms. The SMILES string of the molecule is CC1(C)C=C(n2cccc(Cl)c2=O)c2cnccc2O1. The smallest absolute Gasteiger partial charge is 0.273 e. The monoisotopic (exact) mass is 288 g/mol. The molecule has 2 aromatic rings. The molecule has 3 heterocycles. The third kappa shape index (κ3) is 2.12. The van der Waals surface area contributed by atoms with Gasteiger partial charge in [0, 0.05) is 18.6 Å². The van der Waals surface area contributed by atoms with Crippen LogP contribution < -0.4 is 10.3 Å². The Hall–Kier alpha value is -2.07. The van der Waals surface area contributed by atoms with Crippen LogP contribution in [0, 0.1) is 0 Å². The summed E-state index contributed by atoms with van der Waals surface area (Å²) in [5.41, 5.74) is 0.742. The molecule has 0 atom stereocenters. The van der Waals surface area contributed by atoms with E-state index in [-0.39, 0.29) is 10.6 Å². The summed E-state index contributed by atoms with van der Waals surface area (Å²) in [7, 11) is 0. The molecule has 0 fully saturated rings. The maximum Gasteiger partial charge on any atom is 0.273 e. The second-order valence-electron chi connectivity index (χ2n) is 5.14. The molecule has 1 aliphatic heterocycles. The van der Waals surface area contributed by atoms with Gasteiger partial charge in [0.1, 0.15) is 16.4 Å². The van der Waals surface area contributed by atoms with E-state index in [1.54, 1.807) is 36.8 Å². The van der Waals surface area contributed by atoms with Gasteiger partial charge < -0.3 is 4.74 Å². The third-order valence-corrected chi connectivity index (χ3v) is 3.36. The zero-order chi connectivity index (χ0) is 14.3. The molecule has 0 unspecified atom stereocenters. The second kappa shape index (κ2) is 4.49. The molecule has 4 nitrogen and oxygen atoms in total. The number of aromatic nitrogens is 2. The maximum atomic E-state index is 12.2. The van der Waals surface area contributed by atoms with Crippen LogP contribution in [0.5, 0.6) is 5.75 Å². The van der Waals surface area contributed by atoms with Gasteiger partial charge in [-0.15, -0.1) is 0 Å². The molecule has 102 valence electrons. The molecule has 0 radical (unpaired) electrons. The van der Waals surface area contributed by atoms with E-state index < -0.39 is 5.60 Å². The molecule has 5 heteroatoms. The van der Waals surface area contributed by atoms with Gasteiger partial charge in [-0.1, -0.05) is 11.6 Å². The Balaban J connectivity index is 2.28. The predicted octanol–water partition coefficient (Wildman–Crippen LogP) is 2.96. The molecule has 0 N–H and O–H groups in total. The number of ether oxygens (including phenoxy) is 1. The lowest BCUT2D eigenvalue weighted by atomic mass is 10.0. The molecule has 0 aromatic carbocycles. The van der Waals surface area contributed by atoms with E-state index in [9.17, 15) is 4.79 Å². The van der Waals surface area contributed by atoms with Crippen LogP contribution in [0.3, 0.4) is 0 Å². The molecule has 0 spiro atoms. The van der Waals surface area contributed by atoms with E-state index in [1.165, 1.54) is 4.57 Å². The first-order valence-corrected chi connectivity index (χ1v) is 6.59. The number of nitrogens with zero attached hydrogens (tertiary/aromatic N) is 2. The van der Waals surface area contributed by atoms with Gasteiger partial charge in [-0.3, -0.25) is 14.3 Å². The Labute approximate surface area is 121 Å². The van der Waals surface area contributed by atoms with Crippen LogP contribution >= 0.6 is 11.6 Å². The maximum absolute atomic E-state index is 12.2. The van der Waals surface area contributed by atoms with E-state index in [0.29, 0.717) is 5.75 Å². The summed E-state index contributed by atoms with van der Waals surface area (Å²) in [6, 6.07) is 5.11. The lowest BCUT2D eigenvalue weighted by Crippen LogP contribution is -2.32. The summed E-state index contributed by atoms with van der Waals surface area (Å²) in [5, 5.41) is 0.183. The molecular formula is C15H13ClN2O2. The minimum atomic E-state index is -0.508. The summed E-state index contributed by atoms with van der Waals surface area (Å²) >= 11 is 5.92. The standard InChI is InChI=1S/C15H13ClN2O2/c1-15(2)8-12(10-9-17-6-5-13(10)20-15)18-7-3-4-11(16)14(18)19/h3-9H,1-2H3. The van der Waals surface area contributed by atoms with Crippen molar-refractivity contribution in [2.24, 2.45) is 0 Å². The number of hydrogen-bond acceptors (Lipinski definition) is 3. The predicted molar refractivity (Wildman–Crippen MR) is 78.0 cm³/mol. The number of hydrogen-bond donors (Lipinski definition) is 0. The van der Waals surface area contributed by atoms with E-state index in [2.05, 4.69) is 4.98 Å². The second-order valence-corrected chi connectivity index (χ2v) is 5.55. The van der Waals surface area contributed by atoms with Crippen molar-refractivity contribution in [2.45, 2.75) is 19.4 Å². The highest BCUT2D eigenvalue weighted by Gasteiger charge is 2.27. The van der Waals surface area contributed by atoms with Gasteiger partial charge in [0.15, 0.2) is 0 Å². The van der Waals surface area contributed by atoms with Crippen molar-refractivity contribution in [3.63, 3.8) is 0 Å². The molecule has 0 amide bonds. The highest BCUT2D eigenvalue weighted by Crippen LogP contribution is 2.35.